The molecule has 0 bridgehead atoms. The lowest BCUT2D eigenvalue weighted by atomic mass is 10.3. The molecule has 4 heteroatoms. The second-order valence-corrected chi connectivity index (χ2v) is 4.47. The van der Waals surface area contributed by atoms with Gasteiger partial charge in [-0.1, -0.05) is 19.9 Å². The molecule has 0 aliphatic heterocycles. The van der Waals surface area contributed by atoms with Crippen molar-refractivity contribution in [2.75, 3.05) is 26.2 Å². The summed E-state index contributed by atoms with van der Waals surface area (Å²) in [5, 5.41) is 3.40. The molecule has 0 saturated heterocycles. The number of hydrogen-bond acceptors (Lipinski definition) is 3. The van der Waals surface area contributed by atoms with Gasteiger partial charge >= 0.3 is 0 Å². The normalized spacial score (nSPS) is 11.0. The number of pyridine rings is 1. The lowest BCUT2D eigenvalue weighted by molar-refractivity contribution is 0.302. The first-order chi connectivity index (χ1) is 7.76. The fraction of sp³-hybridized carbons (Fsp3) is 0.583. The second kappa shape index (κ2) is 7.76. The smallest absolute Gasteiger partial charge is 0.106 e. The van der Waals surface area contributed by atoms with Crippen LogP contribution in [0.2, 0.25) is 0 Å². The van der Waals surface area contributed by atoms with Crippen LogP contribution in [0.3, 0.4) is 0 Å². The zero-order chi connectivity index (χ0) is 11.8. The van der Waals surface area contributed by atoms with E-state index in [0.717, 1.165) is 43.0 Å². The lowest BCUT2D eigenvalue weighted by Crippen LogP contribution is -2.31. The molecule has 1 rings (SSSR count). The lowest BCUT2D eigenvalue weighted by Gasteiger charge is -2.17. The second-order valence-electron chi connectivity index (χ2n) is 3.66. The van der Waals surface area contributed by atoms with Crippen LogP contribution in [-0.2, 0) is 6.54 Å². The number of hydrogen-bond donors (Lipinski definition) is 1. The average Bonchev–Trinajstić information content (AvgIpc) is 2.29. The van der Waals surface area contributed by atoms with Gasteiger partial charge in [0, 0.05) is 19.6 Å². The van der Waals surface area contributed by atoms with Gasteiger partial charge in [0.05, 0.1) is 5.69 Å². The van der Waals surface area contributed by atoms with Crippen molar-refractivity contribution >= 4 is 15.9 Å². The molecule has 0 amide bonds. The van der Waals surface area contributed by atoms with Crippen molar-refractivity contribution in [3.63, 3.8) is 0 Å². The van der Waals surface area contributed by atoms with Gasteiger partial charge in [0.25, 0.3) is 0 Å². The molecule has 3 nitrogen and oxygen atoms in total. The van der Waals surface area contributed by atoms with Crippen LogP contribution in [0.1, 0.15) is 19.5 Å². The van der Waals surface area contributed by atoms with Crippen LogP contribution in [0.25, 0.3) is 0 Å². The SMILES string of the molecule is CCN(CC)CCNCc1cccc(Br)n1. The highest BCUT2D eigenvalue weighted by atomic mass is 79.9. The molecule has 0 fully saturated rings. The first-order valence-corrected chi connectivity index (χ1v) is 6.60. The van der Waals surface area contributed by atoms with E-state index < -0.39 is 0 Å². The molecule has 1 aromatic rings. The molecule has 16 heavy (non-hydrogen) atoms. The first-order valence-electron chi connectivity index (χ1n) is 5.80. The van der Waals surface area contributed by atoms with Crippen molar-refractivity contribution in [2.24, 2.45) is 0 Å². The predicted molar refractivity (Wildman–Crippen MR) is 71.4 cm³/mol. The van der Waals surface area contributed by atoms with Gasteiger partial charge in [0.2, 0.25) is 0 Å². The van der Waals surface area contributed by atoms with Crippen LogP contribution >= 0.6 is 15.9 Å². The van der Waals surface area contributed by atoms with Crippen molar-refractivity contribution in [1.82, 2.24) is 15.2 Å². The van der Waals surface area contributed by atoms with Gasteiger partial charge in [0.1, 0.15) is 4.60 Å². The molecule has 0 aliphatic carbocycles. The third-order valence-electron chi connectivity index (χ3n) is 2.58. The molecule has 0 saturated carbocycles. The largest absolute Gasteiger partial charge is 0.310 e. The summed E-state index contributed by atoms with van der Waals surface area (Å²) < 4.78 is 0.899. The zero-order valence-corrected chi connectivity index (χ0v) is 11.6. The van der Waals surface area contributed by atoms with E-state index in [1.165, 1.54) is 0 Å². The Morgan fingerprint density at radius 1 is 1.31 bits per heavy atom. The summed E-state index contributed by atoms with van der Waals surface area (Å²) in [6.45, 7) is 9.57. The fourth-order valence-electron chi connectivity index (χ4n) is 1.54. The van der Waals surface area contributed by atoms with Crippen molar-refractivity contribution in [3.8, 4) is 0 Å². The van der Waals surface area contributed by atoms with Crippen molar-refractivity contribution < 1.29 is 0 Å². The molecular weight excluding hydrogens is 266 g/mol. The Kier molecular flexibility index (Phi) is 6.61. The van der Waals surface area contributed by atoms with E-state index in [4.69, 9.17) is 0 Å². The summed E-state index contributed by atoms with van der Waals surface area (Å²) in [5.74, 6) is 0. The summed E-state index contributed by atoms with van der Waals surface area (Å²) in [7, 11) is 0. The summed E-state index contributed by atoms with van der Waals surface area (Å²) in [4.78, 5) is 6.77. The predicted octanol–water partition coefficient (Wildman–Crippen LogP) is 2.28. The Bertz CT molecular complexity index is 300. The Morgan fingerprint density at radius 3 is 2.69 bits per heavy atom. The highest BCUT2D eigenvalue weighted by Crippen LogP contribution is 2.05. The Labute approximate surface area is 106 Å². The molecule has 0 radical (unpaired) electrons. The quantitative estimate of drug-likeness (QED) is 0.615. The molecule has 90 valence electrons. The van der Waals surface area contributed by atoms with E-state index in [0.29, 0.717) is 0 Å². The van der Waals surface area contributed by atoms with Crippen molar-refractivity contribution in [3.05, 3.63) is 28.5 Å². The van der Waals surface area contributed by atoms with E-state index in [9.17, 15) is 0 Å². The molecule has 1 N–H and O–H groups in total. The highest BCUT2D eigenvalue weighted by Gasteiger charge is 1.98. The van der Waals surface area contributed by atoms with E-state index in [1.54, 1.807) is 0 Å². The van der Waals surface area contributed by atoms with Crippen molar-refractivity contribution in [1.29, 1.82) is 0 Å². The van der Waals surface area contributed by atoms with Gasteiger partial charge < -0.3 is 10.2 Å². The summed E-state index contributed by atoms with van der Waals surface area (Å²) >= 11 is 3.37. The molecule has 0 spiro atoms. The Hall–Kier alpha value is -0.450. The number of nitrogens with zero attached hydrogens (tertiary/aromatic N) is 2. The maximum absolute atomic E-state index is 4.37. The summed E-state index contributed by atoms with van der Waals surface area (Å²) in [6.07, 6.45) is 0. The number of halogens is 1. The van der Waals surface area contributed by atoms with Gasteiger partial charge in [-0.25, -0.2) is 4.98 Å². The van der Waals surface area contributed by atoms with Gasteiger partial charge in [-0.15, -0.1) is 0 Å². The maximum Gasteiger partial charge on any atom is 0.106 e. The topological polar surface area (TPSA) is 28.2 Å². The van der Waals surface area contributed by atoms with Gasteiger partial charge in [-0.3, -0.25) is 0 Å². The van der Waals surface area contributed by atoms with Crippen LogP contribution in [0.4, 0.5) is 0 Å². The van der Waals surface area contributed by atoms with Crippen LogP contribution < -0.4 is 5.32 Å². The molecular formula is C12H20BrN3. The molecule has 0 aliphatic rings. The first kappa shape index (κ1) is 13.6. The van der Waals surface area contributed by atoms with E-state index in [2.05, 4.69) is 45.0 Å². The minimum absolute atomic E-state index is 0.834. The summed E-state index contributed by atoms with van der Waals surface area (Å²) in [5.41, 5.74) is 1.08. The Morgan fingerprint density at radius 2 is 2.06 bits per heavy atom. The highest BCUT2D eigenvalue weighted by molar-refractivity contribution is 9.10. The molecule has 1 heterocycles. The van der Waals surface area contributed by atoms with E-state index in [-0.39, 0.29) is 0 Å². The monoisotopic (exact) mass is 285 g/mol. The maximum atomic E-state index is 4.37. The van der Waals surface area contributed by atoms with E-state index >= 15 is 0 Å². The standard InChI is InChI=1S/C12H20BrN3/c1-3-16(4-2)9-8-14-10-11-6-5-7-12(13)15-11/h5-7,14H,3-4,8-10H2,1-2H3. The Balaban J connectivity index is 2.20. The number of aromatic nitrogens is 1. The van der Waals surface area contributed by atoms with E-state index in [1.807, 2.05) is 18.2 Å². The minimum atomic E-state index is 0.834. The zero-order valence-electron chi connectivity index (χ0n) is 10.0. The van der Waals surface area contributed by atoms with Crippen LogP contribution in [0.5, 0.6) is 0 Å². The number of nitrogens with one attached hydrogen (secondary N) is 1. The van der Waals surface area contributed by atoms with Crippen LogP contribution in [-0.4, -0.2) is 36.1 Å². The fourth-order valence-corrected chi connectivity index (χ4v) is 1.92. The van der Waals surface area contributed by atoms with Gasteiger partial charge in [-0.05, 0) is 41.2 Å². The average molecular weight is 286 g/mol. The third-order valence-corrected chi connectivity index (χ3v) is 3.02. The van der Waals surface area contributed by atoms with Crippen molar-refractivity contribution in [2.45, 2.75) is 20.4 Å². The molecule has 0 unspecified atom stereocenters. The van der Waals surface area contributed by atoms with Crippen LogP contribution in [0, 0.1) is 0 Å². The van der Waals surface area contributed by atoms with Gasteiger partial charge in [0.15, 0.2) is 0 Å². The minimum Gasteiger partial charge on any atom is -0.310 e. The number of rotatable bonds is 7. The molecule has 0 aromatic carbocycles. The number of likely N-dealkylation sites (N-methyl/N-ethyl adjacent to an activating group) is 1. The summed E-state index contributed by atoms with van der Waals surface area (Å²) in [6, 6.07) is 5.99. The third kappa shape index (κ3) is 5.05. The van der Waals surface area contributed by atoms with Gasteiger partial charge in [-0.2, -0.15) is 0 Å². The molecule has 1 aromatic heterocycles. The van der Waals surface area contributed by atoms with Crippen LogP contribution in [0.15, 0.2) is 22.8 Å². The molecule has 0 atom stereocenters.